The molecule has 7 heteroatoms. The molecule has 1 fully saturated rings. The monoisotopic (exact) mass is 338 g/mol. The summed E-state index contributed by atoms with van der Waals surface area (Å²) in [4.78, 5) is 27.0. The zero-order valence-corrected chi connectivity index (χ0v) is 13.8. The molecule has 1 aromatic heterocycles. The number of carbonyl (C=O) groups is 1. The van der Waals surface area contributed by atoms with Crippen molar-refractivity contribution in [3.8, 4) is 0 Å². The number of fused-ring (bicyclic) bond motifs is 1. The van der Waals surface area contributed by atoms with E-state index in [-0.39, 0.29) is 29.9 Å². The smallest absolute Gasteiger partial charge is 0.326 e. The first kappa shape index (κ1) is 17.6. The third-order valence-corrected chi connectivity index (χ3v) is 4.61. The highest BCUT2D eigenvalue weighted by atomic mass is 35.5. The Labute approximate surface area is 140 Å². The van der Waals surface area contributed by atoms with Crippen molar-refractivity contribution in [2.24, 2.45) is 17.6 Å². The van der Waals surface area contributed by atoms with Crippen LogP contribution in [0, 0.1) is 11.8 Å². The number of rotatable bonds is 5. The van der Waals surface area contributed by atoms with Crippen LogP contribution in [0.25, 0.3) is 11.0 Å². The Kier molecular flexibility index (Phi) is 5.85. The van der Waals surface area contributed by atoms with Gasteiger partial charge in [0.1, 0.15) is 0 Å². The van der Waals surface area contributed by atoms with Crippen molar-refractivity contribution in [1.82, 2.24) is 14.9 Å². The molecule has 6 nitrogen and oxygen atoms in total. The van der Waals surface area contributed by atoms with Crippen LogP contribution in [0.15, 0.2) is 29.1 Å². The van der Waals surface area contributed by atoms with Crippen LogP contribution in [0.3, 0.4) is 0 Å². The average Bonchev–Trinajstić information content (AvgIpc) is 3.11. The summed E-state index contributed by atoms with van der Waals surface area (Å²) in [6.45, 7) is 1.49. The third-order valence-electron chi connectivity index (χ3n) is 4.61. The lowest BCUT2D eigenvalue weighted by molar-refractivity contribution is -0.125. The van der Waals surface area contributed by atoms with E-state index < -0.39 is 0 Å². The van der Waals surface area contributed by atoms with Gasteiger partial charge >= 0.3 is 5.69 Å². The van der Waals surface area contributed by atoms with Gasteiger partial charge in [-0.15, -0.1) is 12.4 Å². The molecule has 23 heavy (non-hydrogen) atoms. The highest BCUT2D eigenvalue weighted by molar-refractivity contribution is 5.85. The van der Waals surface area contributed by atoms with E-state index in [0.717, 1.165) is 30.3 Å². The van der Waals surface area contributed by atoms with Gasteiger partial charge in [-0.1, -0.05) is 18.6 Å². The summed E-state index contributed by atoms with van der Waals surface area (Å²) < 4.78 is 1.66. The summed E-state index contributed by atoms with van der Waals surface area (Å²) in [7, 11) is 0. The zero-order valence-electron chi connectivity index (χ0n) is 13.0. The molecule has 1 aliphatic rings. The van der Waals surface area contributed by atoms with Crippen LogP contribution in [0.2, 0.25) is 0 Å². The number of hydrogen-bond acceptors (Lipinski definition) is 3. The Morgan fingerprint density at radius 1 is 1.35 bits per heavy atom. The number of benzene rings is 1. The van der Waals surface area contributed by atoms with Crippen molar-refractivity contribution in [2.45, 2.75) is 25.8 Å². The van der Waals surface area contributed by atoms with Gasteiger partial charge in [0, 0.05) is 19.0 Å². The van der Waals surface area contributed by atoms with E-state index >= 15 is 0 Å². The predicted molar refractivity (Wildman–Crippen MR) is 92.7 cm³/mol. The molecule has 2 atom stereocenters. The van der Waals surface area contributed by atoms with Crippen LogP contribution >= 0.6 is 12.4 Å². The Morgan fingerprint density at radius 3 is 2.91 bits per heavy atom. The van der Waals surface area contributed by atoms with Crippen LogP contribution in [0.4, 0.5) is 0 Å². The molecular formula is C16H23ClN4O2. The Morgan fingerprint density at radius 2 is 2.13 bits per heavy atom. The van der Waals surface area contributed by atoms with Crippen LogP contribution in [-0.2, 0) is 11.3 Å². The maximum absolute atomic E-state index is 12.2. The Balaban J connectivity index is 0.00000192. The standard InChI is InChI=1S/C16H22N4O2.ClH/c17-10-11-4-3-5-12(11)15(21)18-8-9-20-14-7-2-1-6-13(14)19-16(20)22;/h1-2,6-7,11-12H,3-5,8-10,17H2,(H,18,21)(H,19,22);1H/t11-,12-;/m1./s1. The first-order valence-electron chi connectivity index (χ1n) is 7.86. The summed E-state index contributed by atoms with van der Waals surface area (Å²) >= 11 is 0. The number of carbonyl (C=O) groups excluding carboxylic acids is 1. The van der Waals surface area contributed by atoms with E-state index in [9.17, 15) is 9.59 Å². The maximum Gasteiger partial charge on any atom is 0.326 e. The second-order valence-corrected chi connectivity index (χ2v) is 5.92. The number of imidazole rings is 1. The van der Waals surface area contributed by atoms with Crippen molar-refractivity contribution in [2.75, 3.05) is 13.1 Å². The van der Waals surface area contributed by atoms with E-state index in [1.165, 1.54) is 0 Å². The van der Waals surface area contributed by atoms with Crippen molar-refractivity contribution >= 4 is 29.3 Å². The second-order valence-electron chi connectivity index (χ2n) is 5.92. The number of aromatic amines is 1. The molecule has 0 bridgehead atoms. The maximum atomic E-state index is 12.2. The normalized spacial score (nSPS) is 20.4. The van der Waals surface area contributed by atoms with E-state index in [0.29, 0.717) is 25.6 Å². The fourth-order valence-corrected chi connectivity index (χ4v) is 3.41. The number of para-hydroxylation sites is 2. The molecule has 1 aromatic carbocycles. The fourth-order valence-electron chi connectivity index (χ4n) is 3.41. The van der Waals surface area contributed by atoms with Crippen molar-refractivity contribution < 1.29 is 4.79 Å². The number of amides is 1. The van der Waals surface area contributed by atoms with Gasteiger partial charge < -0.3 is 16.0 Å². The average molecular weight is 339 g/mol. The molecule has 0 aliphatic heterocycles. The van der Waals surface area contributed by atoms with Crippen LogP contribution in [0.1, 0.15) is 19.3 Å². The number of aromatic nitrogens is 2. The summed E-state index contributed by atoms with van der Waals surface area (Å²) in [6.07, 6.45) is 3.03. The van der Waals surface area contributed by atoms with Gasteiger partial charge in [-0.25, -0.2) is 4.79 Å². The molecule has 0 saturated heterocycles. The van der Waals surface area contributed by atoms with Crippen LogP contribution in [0.5, 0.6) is 0 Å². The van der Waals surface area contributed by atoms with Gasteiger partial charge in [0.05, 0.1) is 11.0 Å². The van der Waals surface area contributed by atoms with Crippen molar-refractivity contribution in [3.05, 3.63) is 34.7 Å². The molecule has 1 heterocycles. The lowest BCUT2D eigenvalue weighted by Gasteiger charge is -2.17. The van der Waals surface area contributed by atoms with Crippen molar-refractivity contribution in [1.29, 1.82) is 0 Å². The molecular weight excluding hydrogens is 316 g/mol. The Hall–Kier alpha value is -1.79. The minimum absolute atomic E-state index is 0. The molecule has 4 N–H and O–H groups in total. The molecule has 0 unspecified atom stereocenters. The molecule has 1 saturated carbocycles. The zero-order chi connectivity index (χ0) is 15.5. The van der Waals surface area contributed by atoms with E-state index in [4.69, 9.17) is 5.73 Å². The molecule has 0 radical (unpaired) electrons. The van der Waals surface area contributed by atoms with Gasteiger partial charge in [0.2, 0.25) is 5.91 Å². The number of nitrogens with two attached hydrogens (primary N) is 1. The molecule has 1 aliphatic carbocycles. The minimum Gasteiger partial charge on any atom is -0.354 e. The number of halogens is 1. The number of nitrogens with one attached hydrogen (secondary N) is 2. The quantitative estimate of drug-likeness (QED) is 0.765. The van der Waals surface area contributed by atoms with Gasteiger partial charge in [0.25, 0.3) is 0 Å². The molecule has 2 aromatic rings. The van der Waals surface area contributed by atoms with E-state index in [1.54, 1.807) is 4.57 Å². The van der Waals surface area contributed by atoms with Crippen LogP contribution in [-0.4, -0.2) is 28.5 Å². The van der Waals surface area contributed by atoms with Gasteiger partial charge in [0.15, 0.2) is 0 Å². The number of nitrogens with zero attached hydrogens (tertiary/aromatic N) is 1. The van der Waals surface area contributed by atoms with E-state index in [2.05, 4.69) is 10.3 Å². The van der Waals surface area contributed by atoms with Gasteiger partial charge in [-0.2, -0.15) is 0 Å². The molecule has 126 valence electrons. The fraction of sp³-hybridized carbons (Fsp3) is 0.500. The number of hydrogen-bond donors (Lipinski definition) is 3. The topological polar surface area (TPSA) is 92.9 Å². The molecule has 0 spiro atoms. The SMILES string of the molecule is Cl.NC[C@H]1CCC[C@H]1C(=O)NCCn1c(=O)[nH]c2ccccc21. The van der Waals surface area contributed by atoms with Crippen LogP contribution < -0.4 is 16.7 Å². The highest BCUT2D eigenvalue weighted by Gasteiger charge is 2.31. The summed E-state index contributed by atoms with van der Waals surface area (Å²) in [5, 5.41) is 2.95. The highest BCUT2D eigenvalue weighted by Crippen LogP contribution is 2.30. The summed E-state index contributed by atoms with van der Waals surface area (Å²) in [5.41, 5.74) is 7.26. The summed E-state index contributed by atoms with van der Waals surface area (Å²) in [5.74, 6) is 0.404. The first-order valence-corrected chi connectivity index (χ1v) is 7.86. The number of H-pyrrole nitrogens is 1. The minimum atomic E-state index is -0.142. The lowest BCUT2D eigenvalue weighted by atomic mass is 9.95. The van der Waals surface area contributed by atoms with Crippen molar-refractivity contribution in [3.63, 3.8) is 0 Å². The molecule has 3 rings (SSSR count). The molecule has 1 amide bonds. The largest absolute Gasteiger partial charge is 0.354 e. The predicted octanol–water partition coefficient (Wildman–Crippen LogP) is 1.24. The summed E-state index contributed by atoms with van der Waals surface area (Å²) in [6, 6.07) is 7.55. The second kappa shape index (κ2) is 7.66. The van der Waals surface area contributed by atoms with E-state index in [1.807, 2.05) is 24.3 Å². The van der Waals surface area contributed by atoms with Gasteiger partial charge in [-0.3, -0.25) is 9.36 Å². The Bertz CT molecular complexity index is 724. The van der Waals surface area contributed by atoms with Gasteiger partial charge in [-0.05, 0) is 37.4 Å². The third kappa shape index (κ3) is 3.59. The lowest BCUT2D eigenvalue weighted by Crippen LogP contribution is -2.37. The first-order chi connectivity index (χ1) is 10.7.